The van der Waals surface area contributed by atoms with Gasteiger partial charge in [-0.3, -0.25) is 19.3 Å². The summed E-state index contributed by atoms with van der Waals surface area (Å²) in [5.74, 6) is -0.341. The van der Waals surface area contributed by atoms with E-state index in [0.29, 0.717) is 57.8 Å². The lowest BCUT2D eigenvalue weighted by atomic mass is 9.92. The lowest BCUT2D eigenvalue weighted by molar-refractivity contribution is -0.137. The van der Waals surface area contributed by atoms with Crippen molar-refractivity contribution in [3.8, 4) is 0 Å². The molecule has 1 N–H and O–H groups in total. The maximum Gasteiger partial charge on any atom is 0.410 e. The minimum Gasteiger partial charge on any atom is -0.444 e. The van der Waals surface area contributed by atoms with Gasteiger partial charge in [-0.2, -0.15) is 0 Å². The Morgan fingerprint density at radius 3 is 2.28 bits per heavy atom. The zero-order valence-electron chi connectivity index (χ0n) is 31.9. The molecule has 1 unspecified atom stereocenters. The number of thioether (sulfide) groups is 1. The smallest absolute Gasteiger partial charge is 0.410 e. The Morgan fingerprint density at radius 2 is 1.58 bits per heavy atom. The van der Waals surface area contributed by atoms with Crippen LogP contribution < -0.4 is 10.2 Å². The molecule has 6 amide bonds. The molecular weight excluding hydrogens is 693 g/mol. The van der Waals surface area contributed by atoms with E-state index in [2.05, 4.69) is 26.1 Å². The van der Waals surface area contributed by atoms with Gasteiger partial charge in [0.15, 0.2) is 0 Å². The lowest BCUT2D eigenvalue weighted by Crippen LogP contribution is -2.53. The molecule has 4 aliphatic rings. The van der Waals surface area contributed by atoms with Gasteiger partial charge in [0.25, 0.3) is 0 Å². The highest BCUT2D eigenvalue weighted by atomic mass is 32.2. The fourth-order valence-electron chi connectivity index (χ4n) is 7.45. The summed E-state index contributed by atoms with van der Waals surface area (Å²) in [5.41, 5.74) is 2.85. The van der Waals surface area contributed by atoms with Crippen LogP contribution in [0.4, 0.5) is 21.0 Å². The van der Waals surface area contributed by atoms with Crippen LogP contribution in [-0.2, 0) is 25.5 Å². The van der Waals surface area contributed by atoms with E-state index in [1.807, 2.05) is 63.2 Å². The maximum absolute atomic E-state index is 14.2. The van der Waals surface area contributed by atoms with Crippen molar-refractivity contribution in [2.75, 3.05) is 56.0 Å². The van der Waals surface area contributed by atoms with Crippen molar-refractivity contribution < 1.29 is 31.6 Å². The van der Waals surface area contributed by atoms with E-state index in [0.717, 1.165) is 29.7 Å². The van der Waals surface area contributed by atoms with Gasteiger partial charge in [-0.15, -0.1) is 11.8 Å². The Kier molecular flexibility index (Phi) is 11.3. The second-order valence-corrected chi connectivity index (χ2v) is 18.0. The number of ether oxygens (including phenoxy) is 1. The fourth-order valence-corrected chi connectivity index (χ4v) is 8.96. The third kappa shape index (κ3) is 9.10. The lowest BCUT2D eigenvalue weighted by Gasteiger charge is -2.38. The van der Waals surface area contributed by atoms with Gasteiger partial charge < -0.3 is 29.7 Å². The van der Waals surface area contributed by atoms with E-state index in [4.69, 9.17) is 4.74 Å². The first-order chi connectivity index (χ1) is 25.1. The molecule has 4 heterocycles. The standard InChI is InChI=1S/C40H54N6O6S.2H2/c1-39(2,3)18-22-46-35(49)32(25-33(47)42-19-16-28(17-20-42)44-21-15-27-11-7-9-13-30(27)41-37(44)50)53-36(46)29-12-8-10-14-31(29)45-24-23-43(26-34(45)48)38(51)52-40(4,5)6;;/h7-14,28,32,36H,15-26H2,1-6H3,(H,41,50);2*1H/t32-,36?;;/m0../s1. The van der Waals surface area contributed by atoms with Gasteiger partial charge in [0.05, 0.1) is 5.25 Å². The van der Waals surface area contributed by atoms with Crippen LogP contribution in [0.15, 0.2) is 48.5 Å². The number of amides is 6. The summed E-state index contributed by atoms with van der Waals surface area (Å²) in [6.07, 6.45) is 2.50. The van der Waals surface area contributed by atoms with Gasteiger partial charge in [0, 0.05) is 71.5 Å². The number of carbonyl (C=O) groups is 5. The van der Waals surface area contributed by atoms with Crippen molar-refractivity contribution in [2.45, 2.75) is 95.9 Å². The van der Waals surface area contributed by atoms with Crippen molar-refractivity contribution in [2.24, 2.45) is 5.41 Å². The van der Waals surface area contributed by atoms with E-state index in [1.165, 1.54) is 16.7 Å². The number of nitrogens with one attached hydrogen (secondary N) is 1. The molecule has 2 aromatic carbocycles. The van der Waals surface area contributed by atoms with E-state index < -0.39 is 16.9 Å². The molecule has 2 atom stereocenters. The van der Waals surface area contributed by atoms with Gasteiger partial charge in [0.2, 0.25) is 17.7 Å². The van der Waals surface area contributed by atoms with Crippen LogP contribution in [0.3, 0.4) is 0 Å². The largest absolute Gasteiger partial charge is 0.444 e. The monoisotopic (exact) mass is 750 g/mol. The van der Waals surface area contributed by atoms with Crippen LogP contribution in [-0.4, -0.2) is 112 Å². The molecule has 0 spiro atoms. The van der Waals surface area contributed by atoms with Crippen LogP contribution >= 0.6 is 11.8 Å². The number of likely N-dealkylation sites (tertiary alicyclic amines) is 1. The summed E-state index contributed by atoms with van der Waals surface area (Å²) in [7, 11) is 0. The summed E-state index contributed by atoms with van der Waals surface area (Å²) in [4.78, 5) is 76.2. The number of nitrogens with zero attached hydrogens (tertiary/aromatic N) is 5. The number of carbonyl (C=O) groups excluding carboxylic acids is 5. The number of benzene rings is 2. The predicted molar refractivity (Wildman–Crippen MR) is 211 cm³/mol. The van der Waals surface area contributed by atoms with E-state index in [9.17, 15) is 24.0 Å². The van der Waals surface area contributed by atoms with Gasteiger partial charge >= 0.3 is 12.1 Å². The predicted octanol–water partition coefficient (Wildman–Crippen LogP) is 6.61. The summed E-state index contributed by atoms with van der Waals surface area (Å²) in [5, 5.41) is 2.11. The molecule has 290 valence electrons. The molecule has 0 bridgehead atoms. The van der Waals surface area contributed by atoms with Crippen LogP contribution in [0.25, 0.3) is 0 Å². The third-order valence-corrected chi connectivity index (χ3v) is 11.8. The van der Waals surface area contributed by atoms with E-state index >= 15 is 0 Å². The molecule has 53 heavy (non-hydrogen) atoms. The molecule has 0 saturated carbocycles. The first kappa shape index (κ1) is 38.5. The number of hydrogen-bond acceptors (Lipinski definition) is 7. The first-order valence-corrected chi connectivity index (χ1v) is 19.8. The van der Waals surface area contributed by atoms with Gasteiger partial charge in [0.1, 0.15) is 17.5 Å². The van der Waals surface area contributed by atoms with Crippen LogP contribution in [0.5, 0.6) is 0 Å². The zero-order valence-corrected chi connectivity index (χ0v) is 32.7. The number of piperidine rings is 1. The van der Waals surface area contributed by atoms with Crippen LogP contribution in [0.1, 0.15) is 86.6 Å². The molecule has 12 nitrogen and oxygen atoms in total. The SMILES string of the molecule is CC(C)(C)CCN1C(=O)[C@H](CC(=O)N2CCC(N3CCc4ccccc4NC3=O)CC2)SC1c1ccccc1N1CCN(C(=O)OC(C)(C)C)CC1=O.[HH].[HH]. The maximum atomic E-state index is 14.2. The summed E-state index contributed by atoms with van der Waals surface area (Å²) < 4.78 is 5.51. The molecule has 3 fully saturated rings. The van der Waals surface area contributed by atoms with Gasteiger partial charge in [-0.05, 0) is 69.6 Å². The molecule has 0 aliphatic carbocycles. The van der Waals surface area contributed by atoms with E-state index in [1.54, 1.807) is 25.7 Å². The Labute approximate surface area is 320 Å². The summed E-state index contributed by atoms with van der Waals surface area (Å²) >= 11 is 1.48. The fraction of sp³-hybridized carbons (Fsp3) is 0.575. The number of urea groups is 1. The Hall–Kier alpha value is -4.26. The van der Waals surface area contributed by atoms with Crippen LogP contribution in [0.2, 0.25) is 0 Å². The highest BCUT2D eigenvalue weighted by Gasteiger charge is 2.45. The number of para-hydroxylation sites is 2. The van der Waals surface area contributed by atoms with Crippen molar-refractivity contribution in [3.05, 3.63) is 59.7 Å². The van der Waals surface area contributed by atoms with Gasteiger partial charge in [-0.25, -0.2) is 9.59 Å². The third-order valence-electron chi connectivity index (χ3n) is 10.4. The topological polar surface area (TPSA) is 123 Å². The normalized spacial score (nSPS) is 21.8. The van der Waals surface area contributed by atoms with Crippen molar-refractivity contribution >= 4 is 53.0 Å². The molecule has 2 aromatic rings. The van der Waals surface area contributed by atoms with Crippen molar-refractivity contribution in [1.82, 2.24) is 19.6 Å². The van der Waals surface area contributed by atoms with Gasteiger partial charge in [-0.1, -0.05) is 57.2 Å². The molecule has 0 aromatic heterocycles. The quantitative estimate of drug-likeness (QED) is 0.338. The Morgan fingerprint density at radius 1 is 0.887 bits per heavy atom. The van der Waals surface area contributed by atoms with Crippen LogP contribution in [0, 0.1) is 5.41 Å². The number of anilines is 2. The molecule has 0 radical (unpaired) electrons. The summed E-state index contributed by atoms with van der Waals surface area (Å²) in [6.45, 7) is 14.6. The number of fused-ring (bicyclic) bond motifs is 1. The number of piperazine rings is 1. The molecular formula is C40H58N6O6S. The molecule has 6 rings (SSSR count). The average Bonchev–Trinajstić information content (AvgIpc) is 3.29. The first-order valence-electron chi connectivity index (χ1n) is 18.8. The summed E-state index contributed by atoms with van der Waals surface area (Å²) in [6, 6.07) is 15.5. The molecule has 13 heteroatoms. The highest BCUT2D eigenvalue weighted by Crippen LogP contribution is 2.48. The second-order valence-electron chi connectivity index (χ2n) is 16.7. The van der Waals surface area contributed by atoms with Crippen molar-refractivity contribution in [1.29, 1.82) is 0 Å². The minimum atomic E-state index is -0.667. The van der Waals surface area contributed by atoms with Crippen molar-refractivity contribution in [3.63, 3.8) is 0 Å². The number of hydrogen-bond donors (Lipinski definition) is 1. The minimum absolute atomic E-state index is 0. The Balaban J connectivity index is 0.00000336. The Bertz CT molecular complexity index is 1730. The highest BCUT2D eigenvalue weighted by molar-refractivity contribution is 8.01. The second kappa shape index (κ2) is 15.6. The average molecular weight is 751 g/mol. The number of rotatable bonds is 7. The molecule has 3 saturated heterocycles. The van der Waals surface area contributed by atoms with E-state index in [-0.39, 0.29) is 56.4 Å². The molecule has 4 aliphatic heterocycles. The zero-order chi connectivity index (χ0) is 38.1.